The molecule has 0 saturated carbocycles. The molecule has 0 aromatic heterocycles. The Kier molecular flexibility index (Phi) is 7.43. The van der Waals surface area contributed by atoms with Gasteiger partial charge >= 0.3 is 6.09 Å². The largest absolute Gasteiger partial charge is 0.510 e. The molecular weight excluding hydrogens is 586 g/mol. The van der Waals surface area contributed by atoms with Crippen LogP contribution < -0.4 is 26.4 Å². The van der Waals surface area contributed by atoms with Crippen LogP contribution in [-0.4, -0.2) is 94.3 Å². The molecule has 0 heterocycles. The summed E-state index contributed by atoms with van der Waals surface area (Å²) in [6.07, 6.45) is -1.41. The molecule has 2 aromatic carbocycles. The second kappa shape index (κ2) is 10.6. The monoisotopic (exact) mass is 621 g/mol. The molecule has 9 N–H and O–H groups in total. The maximum Gasteiger partial charge on any atom is 0.417 e. The molecule has 14 nitrogen and oxygen atoms in total. The molecule has 0 bridgehead atoms. The van der Waals surface area contributed by atoms with Gasteiger partial charge in [-0.1, -0.05) is 17.7 Å². The first kappa shape index (κ1) is 31.5. The molecule has 2 aromatic rings. The van der Waals surface area contributed by atoms with Crippen LogP contribution in [0.2, 0.25) is 0 Å². The van der Waals surface area contributed by atoms with Gasteiger partial charge in [0.2, 0.25) is 5.78 Å². The Morgan fingerprint density at radius 1 is 1.07 bits per heavy atom. The van der Waals surface area contributed by atoms with Crippen LogP contribution in [0.4, 0.5) is 16.2 Å². The predicted octanol–water partition coefficient (Wildman–Crippen LogP) is 1.19. The van der Waals surface area contributed by atoms with Gasteiger partial charge in [0.15, 0.2) is 17.1 Å². The molecule has 14 heteroatoms. The number of nitrogens with two attached hydrogens (primary N) is 2. The molecule has 3 aliphatic carbocycles. The number of primary amides is 1. The van der Waals surface area contributed by atoms with Crippen molar-refractivity contribution in [2.24, 2.45) is 17.4 Å². The van der Waals surface area contributed by atoms with E-state index in [0.29, 0.717) is 5.69 Å². The Morgan fingerprint density at radius 2 is 1.69 bits per heavy atom. The van der Waals surface area contributed by atoms with Gasteiger partial charge in [-0.3, -0.25) is 24.6 Å². The zero-order chi connectivity index (χ0) is 33.3. The number of carbonyl (C=O) groups excluding carboxylic acids is 4. The van der Waals surface area contributed by atoms with Gasteiger partial charge in [-0.05, 0) is 57.6 Å². The number of phenols is 1. The number of Topliss-reactive ketones (excluding diaryl/α,β-unsaturated/α-hetero) is 2. The third-order valence-corrected chi connectivity index (χ3v) is 8.79. The van der Waals surface area contributed by atoms with Crippen LogP contribution in [0.15, 0.2) is 53.0 Å². The van der Waals surface area contributed by atoms with Crippen molar-refractivity contribution in [2.45, 2.75) is 36.9 Å². The lowest BCUT2D eigenvalue weighted by molar-refractivity contribution is -0.148. The first-order chi connectivity index (χ1) is 20.9. The molecule has 0 saturated heterocycles. The summed E-state index contributed by atoms with van der Waals surface area (Å²) in [5.41, 5.74) is 7.33. The van der Waals surface area contributed by atoms with Crippen molar-refractivity contribution in [3.8, 4) is 11.5 Å². The highest BCUT2D eigenvalue weighted by atomic mass is 16.6. The van der Waals surface area contributed by atoms with Crippen LogP contribution in [0.3, 0.4) is 0 Å². The smallest absolute Gasteiger partial charge is 0.417 e. The van der Waals surface area contributed by atoms with Gasteiger partial charge in [-0.25, -0.2) is 4.79 Å². The van der Waals surface area contributed by atoms with Crippen molar-refractivity contribution in [1.82, 2.24) is 4.90 Å². The summed E-state index contributed by atoms with van der Waals surface area (Å²) in [5, 5.41) is 48.2. The lowest BCUT2D eigenvalue weighted by Gasteiger charge is -2.53. The molecule has 2 amide bonds. The molecular formula is C31H35N5O9. The number of ether oxygens (including phenoxy) is 1. The second-order valence-corrected chi connectivity index (χ2v) is 12.2. The zero-order valence-corrected chi connectivity index (χ0v) is 25.3. The molecule has 0 unspecified atom stereocenters. The first-order valence-corrected chi connectivity index (χ1v) is 14.0. The quantitative estimate of drug-likeness (QED) is 0.184. The number of hydrogen-bond donors (Lipinski definition) is 7. The number of likely N-dealkylation sites (N-methyl/N-ethyl adjacent to an activating group) is 1. The minimum absolute atomic E-state index is 0.156. The van der Waals surface area contributed by atoms with Crippen molar-refractivity contribution >= 4 is 34.9 Å². The fraction of sp³-hybridized carbons (Fsp3) is 0.355. The summed E-state index contributed by atoms with van der Waals surface area (Å²) in [6.45, 7) is 1.87. The summed E-state index contributed by atoms with van der Waals surface area (Å²) in [5.74, 6) is -7.25. The third-order valence-electron chi connectivity index (χ3n) is 8.79. The topological polar surface area (TPSA) is 229 Å². The van der Waals surface area contributed by atoms with Crippen LogP contribution >= 0.6 is 0 Å². The number of nitrogens with one attached hydrogen (secondary N) is 1. The van der Waals surface area contributed by atoms with Gasteiger partial charge in [0.1, 0.15) is 22.8 Å². The normalized spacial score (nSPS) is 25.9. The molecule has 0 radical (unpaired) electrons. The van der Waals surface area contributed by atoms with Gasteiger partial charge in [0, 0.05) is 25.7 Å². The van der Waals surface area contributed by atoms with Crippen LogP contribution in [0.1, 0.15) is 27.9 Å². The van der Waals surface area contributed by atoms with Crippen LogP contribution in [0.5, 0.6) is 11.5 Å². The fourth-order valence-electron chi connectivity index (χ4n) is 6.75. The predicted molar refractivity (Wildman–Crippen MR) is 162 cm³/mol. The lowest BCUT2D eigenvalue weighted by atomic mass is 9.56. The SMILES string of the molecule is Cc1ccc(OC(=O)Nc2cc(N(C)C)c3c(c2O)C(=O)C2=C(O)[C@]4(O)C(=O)C(C(N)=O)=C(O)[C@@H](N(C)C)[C@@H]4C[C@]2(N)C3)cc1. The summed E-state index contributed by atoms with van der Waals surface area (Å²) in [7, 11) is 6.40. The highest BCUT2D eigenvalue weighted by molar-refractivity contribution is 6.25. The Hall–Kier alpha value is -4.92. The van der Waals surface area contributed by atoms with Gasteiger partial charge in [-0.15, -0.1) is 0 Å². The number of aromatic hydroxyl groups is 1. The van der Waals surface area contributed by atoms with Gasteiger partial charge < -0.3 is 41.5 Å². The first-order valence-electron chi connectivity index (χ1n) is 14.0. The Balaban J connectivity index is 1.66. The van der Waals surface area contributed by atoms with E-state index in [1.165, 1.54) is 25.1 Å². The molecule has 0 aliphatic heterocycles. The number of carbonyl (C=O) groups is 4. The maximum atomic E-state index is 14.2. The summed E-state index contributed by atoms with van der Waals surface area (Å²) in [6, 6.07) is 6.90. The Morgan fingerprint density at radius 3 is 2.24 bits per heavy atom. The third kappa shape index (κ3) is 4.69. The lowest BCUT2D eigenvalue weighted by Crippen LogP contribution is -2.68. The fourth-order valence-corrected chi connectivity index (χ4v) is 6.75. The summed E-state index contributed by atoms with van der Waals surface area (Å²) in [4.78, 5) is 55.8. The number of aliphatic hydroxyl groups is 3. The highest BCUT2D eigenvalue weighted by Gasteiger charge is 2.66. The maximum absolute atomic E-state index is 14.2. The minimum atomic E-state index is -2.86. The number of nitrogens with zero attached hydrogens (tertiary/aromatic N) is 2. The van der Waals surface area contributed by atoms with E-state index in [1.54, 1.807) is 43.3 Å². The van der Waals surface area contributed by atoms with E-state index < -0.39 is 75.1 Å². The van der Waals surface area contributed by atoms with Crippen LogP contribution in [0.25, 0.3) is 0 Å². The molecule has 3 aliphatic rings. The van der Waals surface area contributed by atoms with Gasteiger partial charge in [0.05, 0.1) is 28.4 Å². The number of anilines is 2. The highest BCUT2D eigenvalue weighted by Crippen LogP contribution is 2.54. The standard InChI is InChI=1S/C31H35N5O9/c1-13-6-8-14(9-7-13)45-29(43)34-17-10-18(35(2)3)15-11-30(33)12-16-22(36(4)5)25(39)20(28(32)42)26(40)31(16,44)27(41)21(30)24(38)19(15)23(17)37/h6-10,16,22,37,39,41,44H,11-12,33H2,1-5H3,(H2,32,42)(H,34,43)/t16-,22-,30+,31+/m0/s1. The van der Waals surface area contributed by atoms with E-state index in [4.69, 9.17) is 16.2 Å². The van der Waals surface area contributed by atoms with Crippen molar-refractivity contribution in [3.63, 3.8) is 0 Å². The van der Waals surface area contributed by atoms with Crippen LogP contribution in [0, 0.1) is 12.8 Å². The molecule has 4 atom stereocenters. The number of hydrogen-bond acceptors (Lipinski definition) is 12. The Labute approximate surface area is 258 Å². The van der Waals surface area contributed by atoms with E-state index in [0.717, 1.165) is 5.56 Å². The number of rotatable bonds is 5. The molecule has 0 fully saturated rings. The number of aryl methyl sites for hydroxylation is 1. The van der Waals surface area contributed by atoms with Crippen molar-refractivity contribution < 1.29 is 44.3 Å². The van der Waals surface area contributed by atoms with E-state index in [1.807, 2.05) is 6.92 Å². The van der Waals surface area contributed by atoms with Gasteiger partial charge in [0.25, 0.3) is 5.91 Å². The molecule has 45 heavy (non-hydrogen) atoms. The summed E-state index contributed by atoms with van der Waals surface area (Å²) < 4.78 is 5.30. The Bertz CT molecular complexity index is 1730. The van der Waals surface area contributed by atoms with E-state index >= 15 is 0 Å². The molecule has 5 rings (SSSR count). The number of phenolic OH excluding ortho intramolecular Hbond substituents is 1. The average Bonchev–Trinajstić information content (AvgIpc) is 2.92. The van der Waals surface area contributed by atoms with E-state index in [2.05, 4.69) is 5.32 Å². The van der Waals surface area contributed by atoms with Gasteiger partial charge in [-0.2, -0.15) is 0 Å². The number of benzene rings is 2. The van der Waals surface area contributed by atoms with Crippen molar-refractivity contribution in [2.75, 3.05) is 38.4 Å². The van der Waals surface area contributed by atoms with Crippen molar-refractivity contribution in [1.29, 1.82) is 0 Å². The zero-order valence-electron chi connectivity index (χ0n) is 25.3. The second-order valence-electron chi connectivity index (χ2n) is 12.2. The van der Waals surface area contributed by atoms with Crippen molar-refractivity contribution in [3.05, 3.63) is 69.7 Å². The number of aliphatic hydroxyl groups excluding tert-OH is 2. The number of fused-ring (bicyclic) bond motifs is 3. The minimum Gasteiger partial charge on any atom is -0.510 e. The number of ketones is 2. The molecule has 238 valence electrons. The van der Waals surface area contributed by atoms with E-state index in [9.17, 15) is 39.6 Å². The number of amides is 2. The summed E-state index contributed by atoms with van der Waals surface area (Å²) >= 11 is 0. The molecule has 0 spiro atoms. The van der Waals surface area contributed by atoms with Crippen LogP contribution in [-0.2, 0) is 16.0 Å². The van der Waals surface area contributed by atoms with E-state index in [-0.39, 0.29) is 35.4 Å². The average molecular weight is 622 g/mol.